The van der Waals surface area contributed by atoms with E-state index in [2.05, 4.69) is 15.2 Å². The summed E-state index contributed by atoms with van der Waals surface area (Å²) in [7, 11) is 0. The van der Waals surface area contributed by atoms with Gasteiger partial charge < -0.3 is 13.7 Å². The van der Waals surface area contributed by atoms with E-state index < -0.39 is 5.97 Å². The predicted octanol–water partition coefficient (Wildman–Crippen LogP) is 1.54. The molecule has 0 aromatic carbocycles. The van der Waals surface area contributed by atoms with E-state index in [0.29, 0.717) is 5.22 Å². The van der Waals surface area contributed by atoms with Crippen molar-refractivity contribution in [2.24, 2.45) is 0 Å². The molecule has 0 spiro atoms. The second-order valence-corrected chi connectivity index (χ2v) is 4.66. The number of hydrogen-bond donors (Lipinski definition) is 0. The number of carbonyl (C=O) groups is 1. The van der Waals surface area contributed by atoms with Crippen LogP contribution in [0, 0.1) is 6.92 Å². The van der Waals surface area contributed by atoms with Crippen LogP contribution in [0.1, 0.15) is 23.4 Å². The summed E-state index contributed by atoms with van der Waals surface area (Å²) >= 11 is 1.39. The molecule has 102 valence electrons. The number of aromatic nitrogens is 4. The first-order chi connectivity index (χ1) is 9.20. The highest BCUT2D eigenvalue weighted by Crippen LogP contribution is 2.17. The van der Waals surface area contributed by atoms with Crippen LogP contribution in [-0.4, -0.2) is 38.1 Å². The SMILES string of the molecule is CCOC(=O)c1nnc(SCCn2ccnc2C)o1. The third-order valence-corrected chi connectivity index (χ3v) is 3.14. The van der Waals surface area contributed by atoms with E-state index in [-0.39, 0.29) is 12.5 Å². The predicted molar refractivity (Wildman–Crippen MR) is 67.9 cm³/mol. The molecule has 0 saturated carbocycles. The van der Waals surface area contributed by atoms with Crippen molar-refractivity contribution in [3.05, 3.63) is 24.1 Å². The van der Waals surface area contributed by atoms with Gasteiger partial charge in [-0.15, -0.1) is 5.10 Å². The van der Waals surface area contributed by atoms with Gasteiger partial charge in [-0.05, 0) is 13.8 Å². The molecule has 0 bridgehead atoms. The molecular weight excluding hydrogens is 268 g/mol. The number of rotatable bonds is 6. The first-order valence-corrected chi connectivity index (χ1v) is 6.80. The van der Waals surface area contributed by atoms with Crippen LogP contribution in [0.5, 0.6) is 0 Å². The summed E-state index contributed by atoms with van der Waals surface area (Å²) in [5, 5.41) is 7.78. The summed E-state index contributed by atoms with van der Waals surface area (Å²) in [6, 6.07) is 0. The number of nitrogens with zero attached hydrogens (tertiary/aromatic N) is 4. The normalized spacial score (nSPS) is 10.6. The zero-order valence-corrected chi connectivity index (χ0v) is 11.5. The molecule has 0 N–H and O–H groups in total. The summed E-state index contributed by atoms with van der Waals surface area (Å²) in [4.78, 5) is 15.5. The van der Waals surface area contributed by atoms with Gasteiger partial charge in [0.25, 0.3) is 5.22 Å². The fourth-order valence-electron chi connectivity index (χ4n) is 1.41. The van der Waals surface area contributed by atoms with Crippen LogP contribution < -0.4 is 0 Å². The maximum Gasteiger partial charge on any atom is 0.396 e. The number of thioether (sulfide) groups is 1. The van der Waals surface area contributed by atoms with Gasteiger partial charge in [-0.2, -0.15) is 0 Å². The average molecular weight is 282 g/mol. The van der Waals surface area contributed by atoms with Gasteiger partial charge in [-0.25, -0.2) is 9.78 Å². The van der Waals surface area contributed by atoms with Crippen LogP contribution in [0.15, 0.2) is 22.0 Å². The third-order valence-electron chi connectivity index (χ3n) is 2.34. The smallest absolute Gasteiger partial charge is 0.396 e. The number of esters is 1. The molecule has 2 rings (SSSR count). The standard InChI is InChI=1S/C11H14N4O3S/c1-3-17-10(16)9-13-14-11(18-9)19-7-6-15-5-4-12-8(15)2/h4-5H,3,6-7H2,1-2H3. The Kier molecular flexibility index (Phi) is 4.56. The first kappa shape index (κ1) is 13.6. The van der Waals surface area contributed by atoms with Crippen molar-refractivity contribution in [2.75, 3.05) is 12.4 Å². The topological polar surface area (TPSA) is 83.0 Å². The second kappa shape index (κ2) is 6.37. The van der Waals surface area contributed by atoms with Crippen LogP contribution in [0.2, 0.25) is 0 Å². The first-order valence-electron chi connectivity index (χ1n) is 5.82. The number of ether oxygens (including phenoxy) is 1. The highest BCUT2D eigenvalue weighted by molar-refractivity contribution is 7.99. The van der Waals surface area contributed by atoms with Gasteiger partial charge in [-0.3, -0.25) is 0 Å². The number of carbonyl (C=O) groups excluding carboxylic acids is 1. The number of aryl methyl sites for hydroxylation is 2. The molecule has 0 saturated heterocycles. The summed E-state index contributed by atoms with van der Waals surface area (Å²) < 4.78 is 12.0. The molecule has 7 nitrogen and oxygen atoms in total. The van der Waals surface area contributed by atoms with Gasteiger partial charge in [-0.1, -0.05) is 16.9 Å². The van der Waals surface area contributed by atoms with E-state index in [1.54, 1.807) is 13.1 Å². The minimum Gasteiger partial charge on any atom is -0.459 e. The highest BCUT2D eigenvalue weighted by Gasteiger charge is 2.15. The molecule has 8 heteroatoms. The van der Waals surface area contributed by atoms with Crippen molar-refractivity contribution in [3.8, 4) is 0 Å². The average Bonchev–Trinajstić information content (AvgIpc) is 3.00. The maximum atomic E-state index is 11.3. The lowest BCUT2D eigenvalue weighted by atomic mass is 10.6. The molecule has 0 atom stereocenters. The zero-order chi connectivity index (χ0) is 13.7. The van der Waals surface area contributed by atoms with Crippen molar-refractivity contribution in [1.82, 2.24) is 19.7 Å². The molecule has 0 aliphatic carbocycles. The molecule has 19 heavy (non-hydrogen) atoms. The third kappa shape index (κ3) is 3.57. The fraction of sp³-hybridized carbons (Fsp3) is 0.455. The van der Waals surface area contributed by atoms with Crippen LogP contribution in [-0.2, 0) is 11.3 Å². The Morgan fingerprint density at radius 3 is 3.05 bits per heavy atom. The van der Waals surface area contributed by atoms with Crippen LogP contribution in [0.4, 0.5) is 0 Å². The molecule has 2 aromatic heterocycles. The summed E-state index contributed by atoms with van der Waals surface area (Å²) in [5.41, 5.74) is 0. The van der Waals surface area contributed by atoms with Crippen molar-refractivity contribution in [2.45, 2.75) is 25.6 Å². The highest BCUT2D eigenvalue weighted by atomic mass is 32.2. The van der Waals surface area contributed by atoms with Gasteiger partial charge in [0, 0.05) is 24.7 Å². The lowest BCUT2D eigenvalue weighted by molar-refractivity contribution is 0.0475. The molecule has 0 aliphatic rings. The van der Waals surface area contributed by atoms with E-state index in [9.17, 15) is 4.79 Å². The van der Waals surface area contributed by atoms with E-state index in [4.69, 9.17) is 9.15 Å². The Labute approximate surface area is 114 Å². The summed E-state index contributed by atoms with van der Waals surface area (Å²) in [6.07, 6.45) is 3.67. The minimum absolute atomic E-state index is 0.108. The van der Waals surface area contributed by atoms with Crippen molar-refractivity contribution >= 4 is 17.7 Å². The van der Waals surface area contributed by atoms with Crippen molar-refractivity contribution in [1.29, 1.82) is 0 Å². The molecule has 0 fully saturated rings. The van der Waals surface area contributed by atoms with Crippen LogP contribution >= 0.6 is 11.8 Å². The molecule has 0 radical (unpaired) electrons. The van der Waals surface area contributed by atoms with Crippen LogP contribution in [0.25, 0.3) is 0 Å². The quantitative estimate of drug-likeness (QED) is 0.587. The van der Waals surface area contributed by atoms with Crippen LogP contribution in [0.3, 0.4) is 0 Å². The summed E-state index contributed by atoms with van der Waals surface area (Å²) in [6.45, 7) is 4.73. The Morgan fingerprint density at radius 1 is 1.53 bits per heavy atom. The maximum absolute atomic E-state index is 11.3. The Morgan fingerprint density at radius 2 is 2.37 bits per heavy atom. The minimum atomic E-state index is -0.590. The van der Waals surface area contributed by atoms with Gasteiger partial charge >= 0.3 is 11.9 Å². The zero-order valence-electron chi connectivity index (χ0n) is 10.7. The molecule has 2 aromatic rings. The van der Waals surface area contributed by atoms with Gasteiger partial charge in [0.1, 0.15) is 5.82 Å². The Bertz CT molecular complexity index is 552. The van der Waals surface area contributed by atoms with E-state index in [1.165, 1.54) is 11.8 Å². The monoisotopic (exact) mass is 282 g/mol. The lowest BCUT2D eigenvalue weighted by Crippen LogP contribution is -2.04. The van der Waals surface area contributed by atoms with E-state index >= 15 is 0 Å². The van der Waals surface area contributed by atoms with E-state index in [1.807, 2.05) is 17.7 Å². The molecule has 2 heterocycles. The van der Waals surface area contributed by atoms with Crippen molar-refractivity contribution in [3.63, 3.8) is 0 Å². The fourth-order valence-corrected chi connectivity index (χ4v) is 2.11. The van der Waals surface area contributed by atoms with Gasteiger partial charge in [0.05, 0.1) is 6.61 Å². The van der Waals surface area contributed by atoms with Gasteiger partial charge in [0.15, 0.2) is 0 Å². The second-order valence-electron chi connectivity index (χ2n) is 3.61. The molecule has 0 amide bonds. The molecule has 0 aliphatic heterocycles. The van der Waals surface area contributed by atoms with Gasteiger partial charge in [0.2, 0.25) is 0 Å². The molecule has 0 unspecified atom stereocenters. The number of imidazole rings is 1. The molecular formula is C11H14N4O3S. The van der Waals surface area contributed by atoms with E-state index in [0.717, 1.165) is 18.1 Å². The lowest BCUT2D eigenvalue weighted by Gasteiger charge is -2.02. The Balaban J connectivity index is 1.84. The summed E-state index contributed by atoms with van der Waals surface area (Å²) in [5.74, 6) is 1.01. The largest absolute Gasteiger partial charge is 0.459 e. The number of hydrogen-bond acceptors (Lipinski definition) is 7. The van der Waals surface area contributed by atoms with Crippen molar-refractivity contribution < 1.29 is 13.9 Å². The Hall–Kier alpha value is -1.83.